The zero-order valence-electron chi connectivity index (χ0n) is 9.96. The molecule has 0 fully saturated rings. The SMILES string of the molecule is CC1(C)C=C(c2nc(Cl)cc(N)c2N)CCO1. The number of nitrogens with two attached hydrogens (primary N) is 2. The van der Waals surface area contributed by atoms with Gasteiger partial charge in [-0.15, -0.1) is 0 Å². The second kappa shape index (κ2) is 4.20. The minimum absolute atomic E-state index is 0.307. The zero-order chi connectivity index (χ0) is 12.6. The van der Waals surface area contributed by atoms with Crippen LogP contribution in [0.3, 0.4) is 0 Å². The van der Waals surface area contributed by atoms with Crippen molar-refractivity contribution in [3.63, 3.8) is 0 Å². The lowest BCUT2D eigenvalue weighted by Crippen LogP contribution is -2.26. The van der Waals surface area contributed by atoms with Gasteiger partial charge in [0.15, 0.2) is 0 Å². The summed E-state index contributed by atoms with van der Waals surface area (Å²) in [5.41, 5.74) is 14.1. The Kier molecular flexibility index (Phi) is 3.02. The number of aromatic nitrogens is 1. The molecule has 0 spiro atoms. The third kappa shape index (κ3) is 2.53. The van der Waals surface area contributed by atoms with E-state index in [1.165, 1.54) is 0 Å². The van der Waals surface area contributed by atoms with Crippen LogP contribution in [0.2, 0.25) is 5.15 Å². The van der Waals surface area contributed by atoms with Crippen LogP contribution < -0.4 is 11.5 Å². The van der Waals surface area contributed by atoms with Crippen LogP contribution >= 0.6 is 11.6 Å². The number of pyridine rings is 1. The molecule has 0 radical (unpaired) electrons. The first-order valence-electron chi connectivity index (χ1n) is 5.46. The summed E-state index contributed by atoms with van der Waals surface area (Å²) >= 11 is 5.91. The lowest BCUT2D eigenvalue weighted by molar-refractivity contribution is 0.0164. The molecule has 0 unspecified atom stereocenters. The Morgan fingerprint density at radius 3 is 2.76 bits per heavy atom. The maximum atomic E-state index is 5.94. The molecule has 0 amide bonds. The topological polar surface area (TPSA) is 74.2 Å². The minimum atomic E-state index is -0.307. The summed E-state index contributed by atoms with van der Waals surface area (Å²) in [4.78, 5) is 4.26. The van der Waals surface area contributed by atoms with Gasteiger partial charge in [-0.1, -0.05) is 11.6 Å². The van der Waals surface area contributed by atoms with Gasteiger partial charge in [0.25, 0.3) is 0 Å². The van der Waals surface area contributed by atoms with Gasteiger partial charge in [-0.2, -0.15) is 0 Å². The predicted molar refractivity (Wildman–Crippen MR) is 70.7 cm³/mol. The largest absolute Gasteiger partial charge is 0.397 e. The standard InChI is InChI=1S/C12H16ClN3O/c1-12(2)6-7(3-4-17-12)11-10(15)8(14)5-9(13)16-11/h5-6H,3-4,15H2,1-2H3,(H2,14,16). The summed E-state index contributed by atoms with van der Waals surface area (Å²) in [5.74, 6) is 0. The normalized spacial score (nSPS) is 18.9. The summed E-state index contributed by atoms with van der Waals surface area (Å²) in [7, 11) is 0. The first-order valence-corrected chi connectivity index (χ1v) is 5.84. The van der Waals surface area contributed by atoms with Gasteiger partial charge in [-0.05, 0) is 31.9 Å². The van der Waals surface area contributed by atoms with Crippen molar-refractivity contribution in [1.29, 1.82) is 0 Å². The summed E-state index contributed by atoms with van der Waals surface area (Å²) in [6.45, 7) is 4.64. The summed E-state index contributed by atoms with van der Waals surface area (Å²) in [6.07, 6.45) is 2.78. The van der Waals surface area contributed by atoms with Crippen molar-refractivity contribution < 1.29 is 4.74 Å². The van der Waals surface area contributed by atoms with Crippen molar-refractivity contribution in [3.05, 3.63) is 23.0 Å². The van der Waals surface area contributed by atoms with Crippen LogP contribution in [0.5, 0.6) is 0 Å². The smallest absolute Gasteiger partial charge is 0.131 e. The maximum Gasteiger partial charge on any atom is 0.131 e. The van der Waals surface area contributed by atoms with E-state index in [9.17, 15) is 0 Å². The fourth-order valence-electron chi connectivity index (χ4n) is 1.93. The molecule has 0 aliphatic carbocycles. The molecule has 1 aliphatic heterocycles. The van der Waals surface area contributed by atoms with E-state index in [4.69, 9.17) is 27.8 Å². The fraction of sp³-hybridized carbons (Fsp3) is 0.417. The molecule has 1 aromatic heterocycles. The minimum Gasteiger partial charge on any atom is -0.397 e. The van der Waals surface area contributed by atoms with Gasteiger partial charge in [0.2, 0.25) is 0 Å². The van der Waals surface area contributed by atoms with Crippen molar-refractivity contribution >= 4 is 28.5 Å². The van der Waals surface area contributed by atoms with E-state index in [-0.39, 0.29) is 5.60 Å². The Balaban J connectivity index is 2.51. The highest BCUT2D eigenvalue weighted by atomic mass is 35.5. The Hall–Kier alpha value is -1.26. The highest BCUT2D eigenvalue weighted by Crippen LogP contribution is 2.33. The van der Waals surface area contributed by atoms with E-state index in [1.807, 2.05) is 19.9 Å². The van der Waals surface area contributed by atoms with E-state index < -0.39 is 0 Å². The molecule has 92 valence electrons. The van der Waals surface area contributed by atoms with Crippen molar-refractivity contribution in [2.75, 3.05) is 18.1 Å². The number of nitrogens with zero attached hydrogens (tertiary/aromatic N) is 1. The van der Waals surface area contributed by atoms with Gasteiger partial charge in [-0.3, -0.25) is 0 Å². The van der Waals surface area contributed by atoms with Crippen LogP contribution in [0.1, 0.15) is 26.0 Å². The molecule has 1 aromatic rings. The van der Waals surface area contributed by atoms with E-state index in [0.29, 0.717) is 28.8 Å². The Labute approximate surface area is 106 Å². The Morgan fingerprint density at radius 2 is 2.12 bits per heavy atom. The van der Waals surface area contributed by atoms with Gasteiger partial charge in [0.1, 0.15) is 5.15 Å². The van der Waals surface area contributed by atoms with Gasteiger partial charge in [0, 0.05) is 6.07 Å². The van der Waals surface area contributed by atoms with Crippen LogP contribution in [0.4, 0.5) is 11.4 Å². The zero-order valence-corrected chi connectivity index (χ0v) is 10.7. The third-order valence-electron chi connectivity index (χ3n) is 2.73. The van der Waals surface area contributed by atoms with E-state index >= 15 is 0 Å². The van der Waals surface area contributed by atoms with Crippen LogP contribution in [-0.2, 0) is 4.74 Å². The summed E-state index contributed by atoms with van der Waals surface area (Å²) < 4.78 is 5.61. The first kappa shape index (κ1) is 12.2. The molecule has 1 aliphatic rings. The predicted octanol–water partition coefficient (Wildman–Crippen LogP) is 2.48. The van der Waals surface area contributed by atoms with Gasteiger partial charge < -0.3 is 16.2 Å². The van der Waals surface area contributed by atoms with Crippen LogP contribution in [0.15, 0.2) is 12.1 Å². The molecule has 0 saturated carbocycles. The molecule has 4 nitrogen and oxygen atoms in total. The van der Waals surface area contributed by atoms with E-state index in [2.05, 4.69) is 4.98 Å². The van der Waals surface area contributed by atoms with E-state index in [1.54, 1.807) is 6.07 Å². The van der Waals surface area contributed by atoms with Gasteiger partial charge >= 0.3 is 0 Å². The van der Waals surface area contributed by atoms with Crippen molar-refractivity contribution in [2.24, 2.45) is 0 Å². The molecule has 0 aromatic carbocycles. The number of anilines is 2. The Bertz CT molecular complexity index is 483. The molecular formula is C12H16ClN3O. The fourth-order valence-corrected chi connectivity index (χ4v) is 2.13. The molecule has 0 bridgehead atoms. The molecule has 5 heteroatoms. The second-order valence-electron chi connectivity index (χ2n) is 4.67. The molecule has 0 saturated heterocycles. The quantitative estimate of drug-likeness (QED) is 0.754. The highest BCUT2D eigenvalue weighted by Gasteiger charge is 2.23. The van der Waals surface area contributed by atoms with Gasteiger partial charge in [-0.25, -0.2) is 4.98 Å². The van der Waals surface area contributed by atoms with Crippen molar-refractivity contribution in [1.82, 2.24) is 4.98 Å². The number of hydrogen-bond acceptors (Lipinski definition) is 4. The molecule has 2 rings (SSSR count). The highest BCUT2D eigenvalue weighted by molar-refractivity contribution is 6.29. The van der Waals surface area contributed by atoms with Crippen LogP contribution in [0, 0.1) is 0 Å². The molecule has 0 atom stereocenters. The number of ether oxygens (including phenoxy) is 1. The molecule has 17 heavy (non-hydrogen) atoms. The Morgan fingerprint density at radius 1 is 1.41 bits per heavy atom. The molecule has 2 heterocycles. The number of nitrogen functional groups attached to an aromatic ring is 2. The lowest BCUT2D eigenvalue weighted by Gasteiger charge is -2.28. The number of hydrogen-bond donors (Lipinski definition) is 2. The summed E-state index contributed by atoms with van der Waals surface area (Å²) in [6, 6.07) is 1.56. The third-order valence-corrected chi connectivity index (χ3v) is 2.92. The average Bonchev–Trinajstić information content (AvgIpc) is 2.22. The maximum absolute atomic E-state index is 5.94. The van der Waals surface area contributed by atoms with Crippen molar-refractivity contribution in [3.8, 4) is 0 Å². The number of rotatable bonds is 1. The van der Waals surface area contributed by atoms with Crippen LogP contribution in [-0.4, -0.2) is 17.2 Å². The second-order valence-corrected chi connectivity index (χ2v) is 5.06. The average molecular weight is 254 g/mol. The summed E-state index contributed by atoms with van der Waals surface area (Å²) in [5, 5.41) is 0.358. The molecular weight excluding hydrogens is 238 g/mol. The van der Waals surface area contributed by atoms with Crippen molar-refractivity contribution in [2.45, 2.75) is 25.9 Å². The van der Waals surface area contributed by atoms with Gasteiger partial charge in [0.05, 0.1) is 29.3 Å². The molecule has 4 N–H and O–H groups in total. The first-order chi connectivity index (χ1) is 7.89. The lowest BCUT2D eigenvalue weighted by atomic mass is 9.96. The van der Waals surface area contributed by atoms with Crippen LogP contribution in [0.25, 0.3) is 5.57 Å². The van der Waals surface area contributed by atoms with E-state index in [0.717, 1.165) is 12.0 Å². The number of halogens is 1. The monoisotopic (exact) mass is 253 g/mol.